The molecule has 1 aliphatic rings. The number of aromatic nitrogens is 4. The number of aromatic amines is 1. The van der Waals surface area contributed by atoms with E-state index in [-0.39, 0.29) is 43.0 Å². The van der Waals surface area contributed by atoms with Crippen molar-refractivity contribution in [1.82, 2.24) is 25.1 Å². The molecule has 0 saturated heterocycles. The van der Waals surface area contributed by atoms with E-state index in [2.05, 4.69) is 20.4 Å². The van der Waals surface area contributed by atoms with E-state index in [0.29, 0.717) is 33.3 Å². The predicted molar refractivity (Wildman–Crippen MR) is 132 cm³/mol. The van der Waals surface area contributed by atoms with E-state index >= 15 is 0 Å². The van der Waals surface area contributed by atoms with Gasteiger partial charge in [0.25, 0.3) is 12.0 Å². The van der Waals surface area contributed by atoms with Crippen LogP contribution in [0.5, 0.6) is 5.75 Å². The van der Waals surface area contributed by atoms with Gasteiger partial charge in [0.15, 0.2) is 0 Å². The third kappa shape index (κ3) is 5.69. The molecule has 1 saturated carbocycles. The lowest BCUT2D eigenvalue weighted by Gasteiger charge is -2.34. The second-order valence-electron chi connectivity index (χ2n) is 9.43. The third-order valence-corrected chi connectivity index (χ3v) is 6.45. The summed E-state index contributed by atoms with van der Waals surface area (Å²) in [6, 6.07) is 11.5. The Hall–Kier alpha value is -4.47. The molecule has 0 atom stereocenters. The lowest BCUT2D eigenvalue weighted by atomic mass is 9.81. The quantitative estimate of drug-likeness (QED) is 0.312. The first-order valence-electron chi connectivity index (χ1n) is 12.1. The van der Waals surface area contributed by atoms with Crippen molar-refractivity contribution in [2.75, 3.05) is 13.2 Å². The first-order valence-corrected chi connectivity index (χ1v) is 12.1. The number of alkyl halides is 4. The normalized spacial score (nSPS) is 14.9. The largest absolute Gasteiger partial charge is 0.486 e. The van der Waals surface area contributed by atoms with E-state index < -0.39 is 37.0 Å². The average molecular weight is 542 g/mol. The monoisotopic (exact) mass is 542 g/mol. The minimum atomic E-state index is -2.71. The molecule has 202 valence electrons. The van der Waals surface area contributed by atoms with Crippen molar-refractivity contribution < 1.29 is 27.1 Å². The summed E-state index contributed by atoms with van der Waals surface area (Å²) in [6.07, 6.45) is -3.15. The van der Waals surface area contributed by atoms with Crippen LogP contribution in [0.2, 0.25) is 0 Å². The van der Waals surface area contributed by atoms with Gasteiger partial charge < -0.3 is 15.0 Å². The average Bonchev–Trinajstić information content (AvgIpc) is 3.28. The Morgan fingerprint density at radius 3 is 2.69 bits per heavy atom. The fourth-order valence-corrected chi connectivity index (χ4v) is 4.61. The number of hydrogen-bond donors (Lipinski definition) is 2. The Labute approximate surface area is 218 Å². The van der Waals surface area contributed by atoms with Gasteiger partial charge in [0.1, 0.15) is 30.8 Å². The molecule has 2 N–H and O–H groups in total. The minimum Gasteiger partial charge on any atom is -0.486 e. The molecule has 39 heavy (non-hydrogen) atoms. The predicted octanol–water partition coefficient (Wildman–Crippen LogP) is 3.54. The molecule has 0 spiro atoms. The fraction of sp³-hybridized carbons (Fsp3) is 0.346. The van der Waals surface area contributed by atoms with Crippen LogP contribution in [-0.4, -0.2) is 51.2 Å². The summed E-state index contributed by atoms with van der Waals surface area (Å²) < 4.78 is 57.4. The summed E-state index contributed by atoms with van der Waals surface area (Å²) in [4.78, 5) is 33.0. The van der Waals surface area contributed by atoms with E-state index in [9.17, 15) is 32.4 Å². The summed E-state index contributed by atoms with van der Waals surface area (Å²) in [5.41, 5.74) is 0.873. The number of carbonyl (C=O) groups excluding carboxylic acids is 1. The molecule has 13 heteroatoms. The molecule has 5 rings (SSSR count). The smallest absolute Gasteiger partial charge is 0.275 e. The van der Waals surface area contributed by atoms with Gasteiger partial charge >= 0.3 is 0 Å². The van der Waals surface area contributed by atoms with Crippen LogP contribution in [0.15, 0.2) is 41.2 Å². The van der Waals surface area contributed by atoms with Gasteiger partial charge in [-0.05, 0) is 18.1 Å². The number of halogens is 4. The Kier molecular flexibility index (Phi) is 6.94. The number of amides is 1. The number of hydrogen-bond acceptors (Lipinski definition) is 6. The van der Waals surface area contributed by atoms with Crippen LogP contribution in [0.3, 0.4) is 0 Å². The van der Waals surface area contributed by atoms with Gasteiger partial charge in [-0.25, -0.2) is 27.2 Å². The van der Waals surface area contributed by atoms with Gasteiger partial charge in [-0.3, -0.25) is 9.59 Å². The lowest BCUT2D eigenvalue weighted by Crippen LogP contribution is -2.43. The van der Waals surface area contributed by atoms with E-state index in [0.717, 1.165) is 4.68 Å². The number of benzene rings is 2. The lowest BCUT2D eigenvalue weighted by molar-refractivity contribution is -0.126. The number of nitrogens with one attached hydrogen (secondary N) is 2. The molecule has 0 bridgehead atoms. The van der Waals surface area contributed by atoms with E-state index in [4.69, 9.17) is 4.74 Å². The van der Waals surface area contributed by atoms with Crippen molar-refractivity contribution in [3.05, 3.63) is 63.8 Å². The molecule has 1 aliphatic carbocycles. The number of H-pyrrole nitrogens is 1. The Morgan fingerprint density at radius 1 is 1.26 bits per heavy atom. The molecular formula is C26H22F4N6O3. The zero-order valence-electron chi connectivity index (χ0n) is 20.4. The van der Waals surface area contributed by atoms with Crippen LogP contribution in [0.25, 0.3) is 21.8 Å². The summed E-state index contributed by atoms with van der Waals surface area (Å²) in [7, 11) is 0. The highest BCUT2D eigenvalue weighted by atomic mass is 19.3. The van der Waals surface area contributed by atoms with Crippen LogP contribution in [0.1, 0.15) is 29.9 Å². The van der Waals surface area contributed by atoms with Crippen molar-refractivity contribution in [3.8, 4) is 11.8 Å². The minimum absolute atomic E-state index is 0.0166. The van der Waals surface area contributed by atoms with Crippen molar-refractivity contribution in [3.63, 3.8) is 0 Å². The highest BCUT2D eigenvalue weighted by Crippen LogP contribution is 2.41. The zero-order chi connectivity index (χ0) is 27.7. The van der Waals surface area contributed by atoms with Gasteiger partial charge in [-0.1, -0.05) is 18.2 Å². The number of carbonyl (C=O) groups is 1. The van der Waals surface area contributed by atoms with Crippen LogP contribution >= 0.6 is 0 Å². The standard InChI is InChI=1S/C26H22F4N6O3/c27-22(28)13-39-21-6-20-19(5-15(21)10-31)33-23(34-20)7-18-16-3-1-2-4-17(16)25(38)36(35-18)12-24(37)32-11-14-8-26(29,30)9-14/h1-6,14,22H,7-9,11-13H2,(H,32,37)(H,33,34). The molecule has 2 heterocycles. The van der Waals surface area contributed by atoms with Gasteiger partial charge in [0.05, 0.1) is 34.1 Å². The summed E-state index contributed by atoms with van der Waals surface area (Å²) in [6.45, 7) is -1.16. The van der Waals surface area contributed by atoms with Crippen LogP contribution in [0.4, 0.5) is 17.6 Å². The number of nitriles is 1. The summed E-state index contributed by atoms with van der Waals surface area (Å²) in [5, 5.41) is 17.2. The molecule has 4 aromatic rings. The maximum atomic E-state index is 13.0. The fourth-order valence-electron chi connectivity index (χ4n) is 4.61. The van der Waals surface area contributed by atoms with E-state index in [1.54, 1.807) is 24.3 Å². The Morgan fingerprint density at radius 2 is 2.00 bits per heavy atom. The highest BCUT2D eigenvalue weighted by Gasteiger charge is 2.45. The first kappa shape index (κ1) is 26.1. The molecule has 0 unspecified atom stereocenters. The molecular weight excluding hydrogens is 520 g/mol. The van der Waals surface area contributed by atoms with Gasteiger partial charge in [0, 0.05) is 30.8 Å². The van der Waals surface area contributed by atoms with Crippen molar-refractivity contribution in [1.29, 1.82) is 5.26 Å². The van der Waals surface area contributed by atoms with Crippen molar-refractivity contribution in [2.45, 2.75) is 38.2 Å². The topological polar surface area (TPSA) is 126 Å². The second kappa shape index (κ2) is 10.4. The molecule has 0 aliphatic heterocycles. The molecule has 1 fully saturated rings. The zero-order valence-corrected chi connectivity index (χ0v) is 20.4. The summed E-state index contributed by atoms with van der Waals surface area (Å²) in [5.74, 6) is -3.12. The van der Waals surface area contributed by atoms with Crippen LogP contribution in [0, 0.1) is 17.2 Å². The maximum Gasteiger partial charge on any atom is 0.275 e. The van der Waals surface area contributed by atoms with Gasteiger partial charge in [-0.15, -0.1) is 0 Å². The maximum absolute atomic E-state index is 13.0. The number of rotatable bonds is 9. The molecule has 9 nitrogen and oxygen atoms in total. The first-order chi connectivity index (χ1) is 18.6. The summed E-state index contributed by atoms with van der Waals surface area (Å²) >= 11 is 0. The van der Waals surface area contributed by atoms with Crippen LogP contribution in [-0.2, 0) is 17.8 Å². The molecule has 2 aromatic carbocycles. The van der Waals surface area contributed by atoms with Crippen LogP contribution < -0.4 is 15.6 Å². The van der Waals surface area contributed by atoms with E-state index in [1.807, 2.05) is 6.07 Å². The second-order valence-corrected chi connectivity index (χ2v) is 9.43. The molecule has 2 aromatic heterocycles. The molecule has 1 amide bonds. The van der Waals surface area contributed by atoms with Crippen molar-refractivity contribution in [2.24, 2.45) is 5.92 Å². The third-order valence-electron chi connectivity index (χ3n) is 6.45. The number of fused-ring (bicyclic) bond motifs is 2. The Balaban J connectivity index is 1.40. The van der Waals surface area contributed by atoms with Gasteiger partial charge in [0.2, 0.25) is 11.8 Å². The number of nitrogens with zero attached hydrogens (tertiary/aromatic N) is 4. The highest BCUT2D eigenvalue weighted by molar-refractivity contribution is 5.85. The number of ether oxygens (including phenoxy) is 1. The van der Waals surface area contributed by atoms with E-state index in [1.165, 1.54) is 12.1 Å². The molecule has 0 radical (unpaired) electrons. The Bertz CT molecular complexity index is 1650. The van der Waals surface area contributed by atoms with Crippen molar-refractivity contribution >= 4 is 27.7 Å². The number of imidazole rings is 1. The van der Waals surface area contributed by atoms with Gasteiger partial charge in [-0.2, -0.15) is 10.4 Å². The SMILES string of the molecule is N#Cc1cc2[nH]c(Cc3nn(CC(=O)NCC4CC(F)(F)C4)c(=O)c4ccccc34)nc2cc1OCC(F)F.